The molecule has 7 nitrogen and oxygen atoms in total. The highest BCUT2D eigenvalue weighted by Crippen LogP contribution is 2.36. The number of carbonyl (C=O) groups is 2. The molecule has 0 fully saturated rings. The number of allylic oxidation sites excluding steroid dienone is 1. The Balaban J connectivity index is 2.11. The largest absolute Gasteiger partial charge is 0.465 e. The van der Waals surface area contributed by atoms with Gasteiger partial charge in [-0.25, -0.2) is 4.79 Å². The maximum Gasteiger partial charge on any atom is 0.340 e. The van der Waals surface area contributed by atoms with Gasteiger partial charge in [-0.2, -0.15) is 0 Å². The second-order valence-electron chi connectivity index (χ2n) is 6.43. The van der Waals surface area contributed by atoms with Gasteiger partial charge >= 0.3 is 5.97 Å². The van der Waals surface area contributed by atoms with Crippen LogP contribution in [0.25, 0.3) is 6.08 Å². The normalized spacial score (nSPS) is 15.2. The maximum absolute atomic E-state index is 13.2. The summed E-state index contributed by atoms with van der Waals surface area (Å²) in [5.41, 5.74) is 2.54. The smallest absolute Gasteiger partial charge is 0.340 e. The molecule has 1 heterocycles. The number of benzene rings is 2. The number of nitro benzene ring substituents is 1. The van der Waals surface area contributed by atoms with E-state index in [-0.39, 0.29) is 16.8 Å². The molecule has 1 amide bonds. The van der Waals surface area contributed by atoms with E-state index in [1.165, 1.54) is 42.4 Å². The molecule has 3 rings (SSSR count). The molecule has 0 unspecified atom stereocenters. The summed E-state index contributed by atoms with van der Waals surface area (Å²) in [6.45, 7) is 3.50. The highest BCUT2D eigenvalue weighted by Gasteiger charge is 2.38. The molecule has 0 aliphatic carbocycles. The van der Waals surface area contributed by atoms with Crippen molar-refractivity contribution in [2.75, 3.05) is 12.0 Å². The minimum atomic E-state index is -0.648. The first kappa shape index (κ1) is 20.3. The SMILES string of the molecule is COC(=O)C1=C(C)N(c2ccc(C)c(Cl)c2)C(=O)/C1=C\c1ccc([N+](=O)[O-])cc1. The summed E-state index contributed by atoms with van der Waals surface area (Å²) in [6, 6.07) is 10.9. The third-order valence-corrected chi connectivity index (χ3v) is 5.03. The Labute approximate surface area is 172 Å². The van der Waals surface area contributed by atoms with E-state index in [1.54, 1.807) is 25.1 Å². The second-order valence-corrected chi connectivity index (χ2v) is 6.84. The Morgan fingerprint density at radius 3 is 2.38 bits per heavy atom. The van der Waals surface area contributed by atoms with Crippen LogP contribution in [0.2, 0.25) is 5.02 Å². The van der Waals surface area contributed by atoms with Crippen LogP contribution >= 0.6 is 11.6 Å². The van der Waals surface area contributed by atoms with Gasteiger partial charge in [0, 0.05) is 22.9 Å². The van der Waals surface area contributed by atoms with Crippen molar-refractivity contribution >= 4 is 40.9 Å². The Bertz CT molecular complexity index is 1090. The lowest BCUT2D eigenvalue weighted by Gasteiger charge is -2.18. The van der Waals surface area contributed by atoms with Gasteiger partial charge in [0.25, 0.3) is 11.6 Å². The molecule has 0 bridgehead atoms. The molecule has 2 aromatic rings. The minimum absolute atomic E-state index is 0.0688. The number of nitro groups is 1. The third-order valence-electron chi connectivity index (χ3n) is 4.62. The van der Waals surface area contributed by atoms with E-state index in [2.05, 4.69) is 0 Å². The second kappa shape index (κ2) is 7.89. The van der Waals surface area contributed by atoms with Gasteiger partial charge in [-0.1, -0.05) is 17.7 Å². The van der Waals surface area contributed by atoms with Crippen molar-refractivity contribution in [3.05, 3.63) is 85.6 Å². The Morgan fingerprint density at radius 1 is 1.17 bits per heavy atom. The summed E-state index contributed by atoms with van der Waals surface area (Å²) >= 11 is 6.21. The summed E-state index contributed by atoms with van der Waals surface area (Å²) in [6.07, 6.45) is 1.51. The third kappa shape index (κ3) is 3.77. The summed E-state index contributed by atoms with van der Waals surface area (Å²) in [5.74, 6) is -1.06. The van der Waals surface area contributed by atoms with E-state index < -0.39 is 16.8 Å². The van der Waals surface area contributed by atoms with E-state index in [9.17, 15) is 19.7 Å². The van der Waals surface area contributed by atoms with E-state index in [0.717, 1.165) is 5.56 Å². The van der Waals surface area contributed by atoms with Crippen LogP contribution in [0.1, 0.15) is 18.1 Å². The van der Waals surface area contributed by atoms with Crippen molar-refractivity contribution in [3.63, 3.8) is 0 Å². The molecule has 1 aliphatic heterocycles. The molecule has 148 valence electrons. The number of rotatable bonds is 4. The highest BCUT2D eigenvalue weighted by atomic mass is 35.5. The molecule has 1 aliphatic rings. The molecule has 2 aromatic carbocycles. The van der Waals surface area contributed by atoms with Crippen molar-refractivity contribution in [1.82, 2.24) is 0 Å². The van der Waals surface area contributed by atoms with Gasteiger partial charge in [-0.05, 0) is 55.3 Å². The molecule has 0 radical (unpaired) electrons. The van der Waals surface area contributed by atoms with Gasteiger partial charge in [0.1, 0.15) is 0 Å². The monoisotopic (exact) mass is 412 g/mol. The quantitative estimate of drug-likeness (QED) is 0.320. The molecular weight excluding hydrogens is 396 g/mol. The topological polar surface area (TPSA) is 89.8 Å². The Hall–Kier alpha value is -3.45. The number of ether oxygens (including phenoxy) is 1. The number of non-ortho nitro benzene ring substituents is 1. The summed E-state index contributed by atoms with van der Waals surface area (Å²) in [5, 5.41) is 11.3. The fourth-order valence-electron chi connectivity index (χ4n) is 3.07. The zero-order valence-corrected chi connectivity index (χ0v) is 16.7. The first-order valence-electron chi connectivity index (χ1n) is 8.61. The van der Waals surface area contributed by atoms with Crippen LogP contribution in [0.4, 0.5) is 11.4 Å². The van der Waals surface area contributed by atoms with Crippen LogP contribution < -0.4 is 4.90 Å². The number of carbonyl (C=O) groups excluding carboxylic acids is 2. The number of aryl methyl sites for hydroxylation is 1. The van der Waals surface area contributed by atoms with Crippen molar-refractivity contribution in [3.8, 4) is 0 Å². The van der Waals surface area contributed by atoms with Gasteiger partial charge in [0.15, 0.2) is 0 Å². The summed E-state index contributed by atoms with van der Waals surface area (Å²) in [7, 11) is 1.24. The lowest BCUT2D eigenvalue weighted by Crippen LogP contribution is -2.24. The van der Waals surface area contributed by atoms with E-state index in [4.69, 9.17) is 16.3 Å². The molecule has 29 heavy (non-hydrogen) atoms. The highest BCUT2D eigenvalue weighted by molar-refractivity contribution is 6.32. The molecule has 0 aromatic heterocycles. The predicted molar refractivity (Wildman–Crippen MR) is 109 cm³/mol. The predicted octanol–water partition coefficient (Wildman–Crippen LogP) is 4.43. The van der Waals surface area contributed by atoms with Gasteiger partial charge in [-0.3, -0.25) is 19.8 Å². The lowest BCUT2D eigenvalue weighted by atomic mass is 10.0. The number of hydrogen-bond donors (Lipinski definition) is 0. The number of halogens is 1. The van der Waals surface area contributed by atoms with Gasteiger partial charge in [0.05, 0.1) is 28.9 Å². The number of amides is 1. The van der Waals surface area contributed by atoms with Gasteiger partial charge < -0.3 is 4.74 Å². The Kier molecular flexibility index (Phi) is 5.52. The molecule has 0 saturated heterocycles. The zero-order valence-electron chi connectivity index (χ0n) is 15.9. The summed E-state index contributed by atoms with van der Waals surface area (Å²) in [4.78, 5) is 37.3. The van der Waals surface area contributed by atoms with E-state index in [1.807, 2.05) is 6.92 Å². The van der Waals surface area contributed by atoms with Crippen LogP contribution in [0.3, 0.4) is 0 Å². The summed E-state index contributed by atoms with van der Waals surface area (Å²) < 4.78 is 4.87. The van der Waals surface area contributed by atoms with Crippen LogP contribution in [0, 0.1) is 17.0 Å². The standard InChI is InChI=1S/C21H17ClN2O5/c1-12-4-7-16(11-18(12)22)23-13(2)19(21(26)29-3)17(20(23)25)10-14-5-8-15(9-6-14)24(27)28/h4-11H,1-3H3/b17-10-. The zero-order chi connectivity index (χ0) is 21.3. The molecule has 8 heteroatoms. The average Bonchev–Trinajstić information content (AvgIpc) is 2.94. The first-order chi connectivity index (χ1) is 13.7. The molecule has 0 N–H and O–H groups in total. The van der Waals surface area contributed by atoms with Crippen LogP contribution in [0.5, 0.6) is 0 Å². The maximum atomic E-state index is 13.2. The number of anilines is 1. The van der Waals surface area contributed by atoms with Gasteiger partial charge in [-0.15, -0.1) is 0 Å². The van der Waals surface area contributed by atoms with Crippen molar-refractivity contribution in [2.24, 2.45) is 0 Å². The average molecular weight is 413 g/mol. The molecule has 0 atom stereocenters. The van der Waals surface area contributed by atoms with Crippen LogP contribution in [0.15, 0.2) is 59.3 Å². The first-order valence-corrected chi connectivity index (χ1v) is 8.98. The van der Waals surface area contributed by atoms with E-state index in [0.29, 0.717) is 22.0 Å². The van der Waals surface area contributed by atoms with Crippen LogP contribution in [-0.2, 0) is 14.3 Å². The molecular formula is C21H17ClN2O5. The van der Waals surface area contributed by atoms with Crippen molar-refractivity contribution in [2.45, 2.75) is 13.8 Å². The number of methoxy groups -OCH3 is 1. The number of esters is 1. The van der Waals surface area contributed by atoms with Gasteiger partial charge in [0.2, 0.25) is 0 Å². The fourth-order valence-corrected chi connectivity index (χ4v) is 3.25. The van der Waals surface area contributed by atoms with E-state index >= 15 is 0 Å². The van der Waals surface area contributed by atoms with Crippen molar-refractivity contribution < 1.29 is 19.2 Å². The molecule has 0 spiro atoms. The fraction of sp³-hybridized carbons (Fsp3) is 0.143. The lowest BCUT2D eigenvalue weighted by molar-refractivity contribution is -0.384. The molecule has 0 saturated carbocycles. The Morgan fingerprint density at radius 2 is 1.83 bits per heavy atom. The number of hydrogen-bond acceptors (Lipinski definition) is 5. The minimum Gasteiger partial charge on any atom is -0.465 e. The van der Waals surface area contributed by atoms with Crippen molar-refractivity contribution in [1.29, 1.82) is 0 Å². The van der Waals surface area contributed by atoms with Crippen LogP contribution in [-0.4, -0.2) is 23.9 Å². The number of nitrogens with zero attached hydrogens (tertiary/aromatic N) is 2.